The highest BCUT2D eigenvalue weighted by Gasteiger charge is 2.09. The van der Waals surface area contributed by atoms with Gasteiger partial charge in [-0.05, 0) is 39.8 Å². The van der Waals surface area contributed by atoms with Crippen LogP contribution in [0.2, 0.25) is 0 Å². The van der Waals surface area contributed by atoms with Crippen molar-refractivity contribution in [2.45, 2.75) is 10.1 Å². The second-order valence-corrected chi connectivity index (χ2v) is 5.58. The smallest absolute Gasteiger partial charge is 0.195 e. The standard InChI is InChI=1S/C11H8BrN5S/c1-17-6-15-16-11(17)18-9-2-3-13-8-4-7(12)5-14-10(8)9/h2-6H,1H3. The fraction of sp³-hybridized carbons (Fsp3) is 0.0909. The lowest BCUT2D eigenvalue weighted by molar-refractivity contribution is 0.789. The van der Waals surface area contributed by atoms with Crippen LogP contribution in [0.3, 0.4) is 0 Å². The van der Waals surface area contributed by atoms with Crippen LogP contribution in [0.15, 0.2) is 45.4 Å². The van der Waals surface area contributed by atoms with Gasteiger partial charge in [0.1, 0.15) is 11.8 Å². The van der Waals surface area contributed by atoms with Crippen LogP contribution in [0.25, 0.3) is 11.0 Å². The normalized spacial score (nSPS) is 11.0. The molecular formula is C11H8BrN5S. The van der Waals surface area contributed by atoms with Crippen LogP contribution in [-0.2, 0) is 7.05 Å². The molecule has 0 N–H and O–H groups in total. The average molecular weight is 322 g/mol. The van der Waals surface area contributed by atoms with Gasteiger partial charge in [-0.2, -0.15) is 0 Å². The van der Waals surface area contributed by atoms with Crippen LogP contribution in [0, 0.1) is 0 Å². The topological polar surface area (TPSA) is 56.5 Å². The Morgan fingerprint density at radius 1 is 1.33 bits per heavy atom. The van der Waals surface area contributed by atoms with E-state index in [4.69, 9.17) is 0 Å². The number of hydrogen-bond acceptors (Lipinski definition) is 5. The summed E-state index contributed by atoms with van der Waals surface area (Å²) in [4.78, 5) is 9.73. The Morgan fingerprint density at radius 2 is 2.22 bits per heavy atom. The molecule has 7 heteroatoms. The highest BCUT2D eigenvalue weighted by Crippen LogP contribution is 2.30. The summed E-state index contributed by atoms with van der Waals surface area (Å²) in [6, 6.07) is 3.88. The van der Waals surface area contributed by atoms with E-state index in [1.165, 1.54) is 11.8 Å². The summed E-state index contributed by atoms with van der Waals surface area (Å²) in [5.74, 6) is 0. The summed E-state index contributed by atoms with van der Waals surface area (Å²) in [6.45, 7) is 0. The second kappa shape index (κ2) is 4.66. The van der Waals surface area contributed by atoms with Gasteiger partial charge in [-0.15, -0.1) is 10.2 Å². The number of halogens is 1. The third kappa shape index (κ3) is 2.11. The molecule has 3 aromatic rings. The number of nitrogens with zero attached hydrogens (tertiary/aromatic N) is 5. The van der Waals surface area contributed by atoms with Gasteiger partial charge in [0.2, 0.25) is 0 Å². The summed E-state index contributed by atoms with van der Waals surface area (Å²) >= 11 is 4.92. The molecule has 0 aliphatic heterocycles. The average Bonchev–Trinajstić information content (AvgIpc) is 2.75. The second-order valence-electron chi connectivity index (χ2n) is 3.66. The SMILES string of the molecule is Cn1cnnc1Sc1ccnc2cc(Br)cnc12. The quantitative estimate of drug-likeness (QED) is 0.726. The van der Waals surface area contributed by atoms with Gasteiger partial charge in [-0.1, -0.05) is 0 Å². The highest BCUT2D eigenvalue weighted by molar-refractivity contribution is 9.10. The van der Waals surface area contributed by atoms with Crippen molar-refractivity contribution in [1.82, 2.24) is 24.7 Å². The minimum absolute atomic E-state index is 0.826. The van der Waals surface area contributed by atoms with E-state index < -0.39 is 0 Å². The predicted molar refractivity (Wildman–Crippen MR) is 72.4 cm³/mol. The van der Waals surface area contributed by atoms with E-state index in [1.807, 2.05) is 23.7 Å². The third-order valence-electron chi connectivity index (χ3n) is 2.38. The first-order valence-electron chi connectivity index (χ1n) is 5.16. The van der Waals surface area contributed by atoms with Crippen molar-refractivity contribution in [3.05, 3.63) is 35.3 Å². The zero-order valence-electron chi connectivity index (χ0n) is 9.41. The minimum Gasteiger partial charge on any atom is -0.311 e. The summed E-state index contributed by atoms with van der Waals surface area (Å²) < 4.78 is 2.79. The number of aromatic nitrogens is 5. The fourth-order valence-electron chi connectivity index (χ4n) is 1.53. The first-order chi connectivity index (χ1) is 8.74. The maximum Gasteiger partial charge on any atom is 0.195 e. The summed E-state index contributed by atoms with van der Waals surface area (Å²) in [7, 11) is 1.91. The van der Waals surface area contributed by atoms with E-state index in [0.717, 1.165) is 25.6 Å². The van der Waals surface area contributed by atoms with Gasteiger partial charge >= 0.3 is 0 Å². The Balaban J connectivity index is 2.09. The Hall–Kier alpha value is -1.47. The van der Waals surface area contributed by atoms with Gasteiger partial charge < -0.3 is 4.57 Å². The molecule has 0 aliphatic carbocycles. The van der Waals surface area contributed by atoms with Crippen LogP contribution < -0.4 is 0 Å². The number of fused-ring (bicyclic) bond motifs is 1. The number of hydrogen-bond donors (Lipinski definition) is 0. The fourth-order valence-corrected chi connectivity index (χ4v) is 2.70. The molecule has 0 saturated carbocycles. The van der Waals surface area contributed by atoms with Gasteiger partial charge in [0.05, 0.1) is 5.52 Å². The molecule has 90 valence electrons. The van der Waals surface area contributed by atoms with Crippen molar-refractivity contribution in [2.75, 3.05) is 0 Å². The van der Waals surface area contributed by atoms with E-state index in [0.29, 0.717) is 0 Å². The number of pyridine rings is 2. The summed E-state index contributed by atoms with van der Waals surface area (Å²) in [5, 5.41) is 8.74. The molecule has 0 aliphatic rings. The zero-order valence-corrected chi connectivity index (χ0v) is 11.8. The first-order valence-corrected chi connectivity index (χ1v) is 6.77. The molecule has 0 radical (unpaired) electrons. The van der Waals surface area contributed by atoms with Gasteiger partial charge in [0.15, 0.2) is 5.16 Å². The van der Waals surface area contributed by atoms with Gasteiger partial charge in [-0.25, -0.2) is 0 Å². The van der Waals surface area contributed by atoms with Crippen LogP contribution in [0.5, 0.6) is 0 Å². The molecule has 0 atom stereocenters. The molecule has 0 spiro atoms. The van der Waals surface area contributed by atoms with E-state index in [1.54, 1.807) is 18.7 Å². The molecule has 0 bridgehead atoms. The lowest BCUT2D eigenvalue weighted by Crippen LogP contribution is -1.90. The van der Waals surface area contributed by atoms with Gasteiger partial charge in [0.25, 0.3) is 0 Å². The Bertz CT molecular complexity index is 711. The van der Waals surface area contributed by atoms with E-state index in [2.05, 4.69) is 36.1 Å². The molecule has 0 amide bonds. The third-order valence-corrected chi connectivity index (χ3v) is 3.91. The van der Waals surface area contributed by atoms with Crippen LogP contribution in [0.1, 0.15) is 0 Å². The van der Waals surface area contributed by atoms with Crippen molar-refractivity contribution < 1.29 is 0 Å². The molecule has 3 rings (SSSR count). The molecule has 0 unspecified atom stereocenters. The van der Waals surface area contributed by atoms with Crippen LogP contribution in [0.4, 0.5) is 0 Å². The summed E-state index contributed by atoms with van der Waals surface area (Å²) in [5.41, 5.74) is 1.73. The lowest BCUT2D eigenvalue weighted by Gasteiger charge is -2.04. The maximum atomic E-state index is 4.40. The minimum atomic E-state index is 0.826. The molecule has 18 heavy (non-hydrogen) atoms. The van der Waals surface area contributed by atoms with Crippen LogP contribution >= 0.6 is 27.7 Å². The molecule has 0 fully saturated rings. The molecule has 0 aromatic carbocycles. The Kier molecular flexibility index (Phi) is 3.00. The Labute approximate surface area is 116 Å². The lowest BCUT2D eigenvalue weighted by atomic mass is 10.3. The van der Waals surface area contributed by atoms with Crippen molar-refractivity contribution >= 4 is 38.7 Å². The molecule has 3 aromatic heterocycles. The van der Waals surface area contributed by atoms with Gasteiger partial charge in [-0.3, -0.25) is 9.97 Å². The highest BCUT2D eigenvalue weighted by atomic mass is 79.9. The molecule has 3 heterocycles. The zero-order chi connectivity index (χ0) is 12.5. The largest absolute Gasteiger partial charge is 0.311 e. The van der Waals surface area contributed by atoms with Gasteiger partial charge in [0, 0.05) is 28.8 Å². The monoisotopic (exact) mass is 321 g/mol. The van der Waals surface area contributed by atoms with E-state index in [9.17, 15) is 0 Å². The molecule has 5 nitrogen and oxygen atoms in total. The maximum absolute atomic E-state index is 4.40. The summed E-state index contributed by atoms with van der Waals surface area (Å²) in [6.07, 6.45) is 5.22. The predicted octanol–water partition coefficient (Wildman–Crippen LogP) is 2.67. The van der Waals surface area contributed by atoms with Crippen LogP contribution in [-0.4, -0.2) is 24.7 Å². The molecule has 0 saturated heterocycles. The number of aryl methyl sites for hydroxylation is 1. The van der Waals surface area contributed by atoms with Crippen molar-refractivity contribution in [2.24, 2.45) is 7.05 Å². The molecular weight excluding hydrogens is 314 g/mol. The van der Waals surface area contributed by atoms with Crippen molar-refractivity contribution in [3.8, 4) is 0 Å². The Morgan fingerprint density at radius 3 is 3.00 bits per heavy atom. The van der Waals surface area contributed by atoms with E-state index >= 15 is 0 Å². The van der Waals surface area contributed by atoms with Crippen molar-refractivity contribution in [1.29, 1.82) is 0 Å². The number of rotatable bonds is 2. The van der Waals surface area contributed by atoms with E-state index in [-0.39, 0.29) is 0 Å². The van der Waals surface area contributed by atoms with Crippen molar-refractivity contribution in [3.63, 3.8) is 0 Å². The first kappa shape index (κ1) is 11.6.